The van der Waals surface area contributed by atoms with Crippen LogP contribution in [-0.4, -0.2) is 80.6 Å². The second-order valence-electron chi connectivity index (χ2n) is 6.55. The first-order valence-corrected chi connectivity index (χ1v) is 10.9. The first kappa shape index (κ1) is 19.3. The third kappa shape index (κ3) is 3.93. The Morgan fingerprint density at radius 3 is 2.85 bits per heavy atom. The molecule has 10 heteroatoms. The molecule has 3 rings (SSSR count). The molecule has 0 aromatic carbocycles. The van der Waals surface area contributed by atoms with Gasteiger partial charge in [-0.25, -0.2) is 12.7 Å². The van der Waals surface area contributed by atoms with Crippen LogP contribution in [0.3, 0.4) is 0 Å². The van der Waals surface area contributed by atoms with Gasteiger partial charge in [-0.1, -0.05) is 0 Å². The first-order valence-electron chi connectivity index (χ1n) is 8.46. The average Bonchev–Trinajstić information content (AvgIpc) is 3.17. The Balaban J connectivity index is 1.69. The van der Waals surface area contributed by atoms with Crippen molar-refractivity contribution >= 4 is 33.2 Å². The van der Waals surface area contributed by atoms with E-state index in [-0.39, 0.29) is 37.4 Å². The first-order chi connectivity index (χ1) is 12.3. The van der Waals surface area contributed by atoms with Gasteiger partial charge in [0.15, 0.2) is 0 Å². The largest absolute Gasteiger partial charge is 0.383 e. The number of carbonyl (C=O) groups is 2. The third-order valence-electron chi connectivity index (χ3n) is 4.70. The SMILES string of the molecule is COCCN1C(=O)[C@@H]2C[C@H](NC(=O)c3ccc(C)s3)CN2CCS1(=O)=O. The summed E-state index contributed by atoms with van der Waals surface area (Å²) in [6.07, 6.45) is 0.411. The Kier molecular flexibility index (Phi) is 5.66. The minimum Gasteiger partial charge on any atom is -0.383 e. The normalized spacial score (nSPS) is 25.8. The molecule has 2 atom stereocenters. The molecular formula is C16H23N3O5S2. The van der Waals surface area contributed by atoms with Crippen LogP contribution in [0.4, 0.5) is 0 Å². The molecule has 2 fully saturated rings. The summed E-state index contributed by atoms with van der Waals surface area (Å²) in [5, 5.41) is 2.97. The Hall–Kier alpha value is -1.49. The van der Waals surface area contributed by atoms with Crippen LogP contribution in [-0.2, 0) is 19.6 Å². The molecule has 0 saturated carbocycles. The highest BCUT2D eigenvalue weighted by Gasteiger charge is 2.45. The van der Waals surface area contributed by atoms with Crippen molar-refractivity contribution in [2.45, 2.75) is 25.4 Å². The Morgan fingerprint density at radius 1 is 1.42 bits per heavy atom. The van der Waals surface area contributed by atoms with Gasteiger partial charge in [0, 0.05) is 31.1 Å². The number of aryl methyl sites for hydroxylation is 1. The van der Waals surface area contributed by atoms with E-state index in [1.807, 2.05) is 17.9 Å². The van der Waals surface area contributed by atoms with E-state index in [9.17, 15) is 18.0 Å². The van der Waals surface area contributed by atoms with Gasteiger partial charge in [-0.15, -0.1) is 11.3 Å². The van der Waals surface area contributed by atoms with Crippen LogP contribution in [0, 0.1) is 6.92 Å². The summed E-state index contributed by atoms with van der Waals surface area (Å²) in [6.45, 7) is 2.88. The second-order valence-corrected chi connectivity index (χ2v) is 9.85. The van der Waals surface area contributed by atoms with Crippen molar-refractivity contribution in [1.82, 2.24) is 14.5 Å². The monoisotopic (exact) mass is 401 g/mol. The van der Waals surface area contributed by atoms with Crippen LogP contribution in [0.2, 0.25) is 0 Å². The van der Waals surface area contributed by atoms with Gasteiger partial charge in [0.2, 0.25) is 10.0 Å². The molecular weight excluding hydrogens is 378 g/mol. The van der Waals surface area contributed by atoms with E-state index in [4.69, 9.17) is 4.74 Å². The summed E-state index contributed by atoms with van der Waals surface area (Å²) in [6, 6.07) is 2.97. The molecule has 2 aliphatic rings. The van der Waals surface area contributed by atoms with Gasteiger partial charge in [0.1, 0.15) is 0 Å². The standard InChI is InChI=1S/C16H23N3O5S2/c1-11-3-4-14(25-11)15(20)17-12-9-13-16(21)19(5-7-24-2)26(22,23)8-6-18(13)10-12/h3-4,12-13H,5-10H2,1-2H3,(H,17,20)/t12-,13-/m0/s1. The van der Waals surface area contributed by atoms with E-state index in [1.54, 1.807) is 6.07 Å². The number of methoxy groups -OCH3 is 1. The van der Waals surface area contributed by atoms with Gasteiger partial charge >= 0.3 is 0 Å². The third-order valence-corrected chi connectivity index (χ3v) is 7.44. The number of carbonyl (C=O) groups excluding carboxylic acids is 2. The summed E-state index contributed by atoms with van der Waals surface area (Å²) in [4.78, 5) is 28.7. The van der Waals surface area contributed by atoms with Crippen LogP contribution >= 0.6 is 11.3 Å². The number of rotatable bonds is 5. The highest BCUT2D eigenvalue weighted by atomic mass is 32.2. The molecule has 1 aromatic heterocycles. The van der Waals surface area contributed by atoms with E-state index >= 15 is 0 Å². The fraction of sp³-hybridized carbons (Fsp3) is 0.625. The number of ether oxygens (including phenoxy) is 1. The van der Waals surface area contributed by atoms with Crippen LogP contribution < -0.4 is 5.32 Å². The summed E-state index contributed by atoms with van der Waals surface area (Å²) < 4.78 is 30.6. The summed E-state index contributed by atoms with van der Waals surface area (Å²) in [7, 11) is -2.16. The lowest BCUT2D eigenvalue weighted by Crippen LogP contribution is -2.45. The van der Waals surface area contributed by atoms with Crippen LogP contribution in [0.1, 0.15) is 21.0 Å². The highest BCUT2D eigenvalue weighted by Crippen LogP contribution is 2.25. The molecule has 0 unspecified atom stereocenters. The van der Waals surface area contributed by atoms with E-state index in [2.05, 4.69) is 5.32 Å². The van der Waals surface area contributed by atoms with Crippen LogP contribution in [0.5, 0.6) is 0 Å². The highest BCUT2D eigenvalue weighted by molar-refractivity contribution is 7.89. The van der Waals surface area contributed by atoms with Gasteiger partial charge in [-0.2, -0.15) is 0 Å². The predicted octanol–water partition coefficient (Wildman–Crippen LogP) is 0.0476. The molecule has 1 N–H and O–H groups in total. The van der Waals surface area contributed by atoms with Crippen LogP contribution in [0.25, 0.3) is 0 Å². The molecule has 2 amide bonds. The summed E-state index contributed by atoms with van der Waals surface area (Å²) in [5.41, 5.74) is 0. The maximum atomic E-state index is 12.8. The van der Waals surface area contributed by atoms with Crippen LogP contribution in [0.15, 0.2) is 12.1 Å². The van der Waals surface area contributed by atoms with Gasteiger partial charge in [-0.05, 0) is 25.5 Å². The second kappa shape index (κ2) is 7.63. The fourth-order valence-electron chi connectivity index (χ4n) is 3.39. The van der Waals surface area contributed by atoms with E-state index < -0.39 is 22.0 Å². The maximum Gasteiger partial charge on any atom is 0.261 e. The number of hydrogen-bond donors (Lipinski definition) is 1. The Morgan fingerprint density at radius 2 is 2.19 bits per heavy atom. The van der Waals surface area contributed by atoms with Crippen molar-refractivity contribution in [3.8, 4) is 0 Å². The van der Waals surface area contributed by atoms with E-state index in [0.29, 0.717) is 17.8 Å². The minimum absolute atomic E-state index is 0.0213. The summed E-state index contributed by atoms with van der Waals surface area (Å²) in [5.74, 6) is -0.686. The molecule has 0 spiro atoms. The molecule has 1 aromatic rings. The molecule has 26 heavy (non-hydrogen) atoms. The molecule has 3 heterocycles. The zero-order chi connectivity index (χ0) is 18.9. The molecule has 2 aliphatic heterocycles. The zero-order valence-electron chi connectivity index (χ0n) is 14.8. The van der Waals surface area contributed by atoms with Gasteiger partial charge < -0.3 is 10.1 Å². The van der Waals surface area contributed by atoms with Crippen molar-refractivity contribution < 1.29 is 22.7 Å². The Labute approximate surface area is 157 Å². The van der Waals surface area contributed by atoms with Gasteiger partial charge in [0.05, 0.1) is 29.8 Å². The number of thiophene rings is 1. The number of sulfonamides is 1. The van der Waals surface area contributed by atoms with E-state index in [1.165, 1.54) is 18.4 Å². The fourth-order valence-corrected chi connectivity index (χ4v) is 5.60. The number of nitrogens with zero attached hydrogens (tertiary/aromatic N) is 2. The van der Waals surface area contributed by atoms with E-state index in [0.717, 1.165) is 9.18 Å². The number of nitrogens with one attached hydrogen (secondary N) is 1. The molecule has 0 aliphatic carbocycles. The van der Waals surface area contributed by atoms with Crippen molar-refractivity contribution in [2.75, 3.05) is 39.1 Å². The molecule has 144 valence electrons. The van der Waals surface area contributed by atoms with Crippen molar-refractivity contribution in [3.05, 3.63) is 21.9 Å². The number of amides is 2. The molecule has 8 nitrogen and oxygen atoms in total. The number of hydrogen-bond acceptors (Lipinski definition) is 7. The average molecular weight is 402 g/mol. The van der Waals surface area contributed by atoms with Crippen molar-refractivity contribution in [1.29, 1.82) is 0 Å². The Bertz CT molecular complexity index is 792. The topological polar surface area (TPSA) is 96.0 Å². The number of fused-ring (bicyclic) bond motifs is 1. The van der Waals surface area contributed by atoms with Crippen molar-refractivity contribution in [2.24, 2.45) is 0 Å². The lowest BCUT2D eigenvalue weighted by atomic mass is 10.1. The maximum absolute atomic E-state index is 12.8. The lowest BCUT2D eigenvalue weighted by molar-refractivity contribution is -0.131. The van der Waals surface area contributed by atoms with Gasteiger partial charge in [-0.3, -0.25) is 14.5 Å². The molecule has 2 saturated heterocycles. The minimum atomic E-state index is -3.63. The molecule has 0 radical (unpaired) electrons. The smallest absolute Gasteiger partial charge is 0.261 e. The molecule has 0 bridgehead atoms. The zero-order valence-corrected chi connectivity index (χ0v) is 16.4. The van der Waals surface area contributed by atoms with Crippen molar-refractivity contribution in [3.63, 3.8) is 0 Å². The van der Waals surface area contributed by atoms with Gasteiger partial charge in [0.25, 0.3) is 11.8 Å². The quantitative estimate of drug-likeness (QED) is 0.749. The summed E-state index contributed by atoms with van der Waals surface area (Å²) >= 11 is 1.42. The lowest BCUT2D eigenvalue weighted by Gasteiger charge is -2.23. The predicted molar refractivity (Wildman–Crippen MR) is 97.7 cm³/mol.